The molecule has 38 heavy (non-hydrogen) atoms. The summed E-state index contributed by atoms with van der Waals surface area (Å²) in [6.07, 6.45) is 1.53. The highest BCUT2D eigenvalue weighted by atomic mass is 16.5. The zero-order chi connectivity index (χ0) is 26.1. The van der Waals surface area contributed by atoms with E-state index < -0.39 is 0 Å². The second kappa shape index (κ2) is 10.1. The van der Waals surface area contributed by atoms with Gasteiger partial charge in [-0.05, 0) is 23.6 Å². The molecule has 3 aromatic carbocycles. The lowest BCUT2D eigenvalue weighted by molar-refractivity contribution is 0.0499. The SMILES string of the molecule is Cc1[nH]c2nc3c(ncn3COCCO)c(=O)n2c1-c1ccc(C(c2ccccc2)c2ccccc2)cc1. The maximum atomic E-state index is 13.5. The van der Waals surface area contributed by atoms with Gasteiger partial charge in [0.25, 0.3) is 5.56 Å². The smallest absolute Gasteiger partial charge is 0.287 e. The number of rotatable bonds is 8. The molecule has 0 spiro atoms. The van der Waals surface area contributed by atoms with Crippen LogP contribution in [0.4, 0.5) is 0 Å². The van der Waals surface area contributed by atoms with Crippen molar-refractivity contribution in [3.63, 3.8) is 0 Å². The van der Waals surface area contributed by atoms with E-state index >= 15 is 0 Å². The van der Waals surface area contributed by atoms with Gasteiger partial charge in [0.15, 0.2) is 11.2 Å². The molecule has 0 bridgehead atoms. The minimum absolute atomic E-state index is 0.0810. The Kier molecular flexibility index (Phi) is 6.33. The molecule has 6 aromatic rings. The summed E-state index contributed by atoms with van der Waals surface area (Å²) < 4.78 is 8.64. The zero-order valence-corrected chi connectivity index (χ0v) is 20.9. The van der Waals surface area contributed by atoms with E-state index in [9.17, 15) is 4.79 Å². The van der Waals surface area contributed by atoms with E-state index in [4.69, 9.17) is 9.84 Å². The van der Waals surface area contributed by atoms with Crippen LogP contribution >= 0.6 is 0 Å². The fourth-order valence-electron chi connectivity index (χ4n) is 5.05. The Hall–Kier alpha value is -4.53. The van der Waals surface area contributed by atoms with Gasteiger partial charge in [0.05, 0.1) is 25.2 Å². The summed E-state index contributed by atoms with van der Waals surface area (Å²) in [7, 11) is 0. The van der Waals surface area contributed by atoms with Gasteiger partial charge in [0, 0.05) is 17.2 Å². The van der Waals surface area contributed by atoms with Gasteiger partial charge in [-0.15, -0.1) is 0 Å². The van der Waals surface area contributed by atoms with Crippen molar-refractivity contribution in [2.24, 2.45) is 0 Å². The zero-order valence-electron chi connectivity index (χ0n) is 20.9. The van der Waals surface area contributed by atoms with Crippen LogP contribution in [0.3, 0.4) is 0 Å². The Morgan fingerprint density at radius 1 is 0.921 bits per heavy atom. The van der Waals surface area contributed by atoms with Gasteiger partial charge in [-0.25, -0.2) is 9.38 Å². The molecule has 3 aromatic heterocycles. The highest BCUT2D eigenvalue weighted by Gasteiger charge is 2.20. The van der Waals surface area contributed by atoms with Crippen LogP contribution < -0.4 is 5.56 Å². The molecule has 190 valence electrons. The summed E-state index contributed by atoms with van der Waals surface area (Å²) in [6, 6.07) is 29.3. The molecule has 0 aliphatic rings. The monoisotopic (exact) mass is 505 g/mol. The average Bonchev–Trinajstić information content (AvgIpc) is 3.51. The molecular weight excluding hydrogens is 478 g/mol. The first kappa shape index (κ1) is 23.8. The number of aliphatic hydroxyl groups is 1. The predicted octanol–water partition coefficient (Wildman–Crippen LogP) is 4.49. The number of aryl methyl sites for hydroxylation is 1. The Morgan fingerprint density at radius 3 is 2.18 bits per heavy atom. The summed E-state index contributed by atoms with van der Waals surface area (Å²) in [4.78, 5) is 25.8. The molecule has 0 fully saturated rings. The first-order valence-corrected chi connectivity index (χ1v) is 12.5. The van der Waals surface area contributed by atoms with Crippen molar-refractivity contribution in [3.05, 3.63) is 124 Å². The van der Waals surface area contributed by atoms with Crippen molar-refractivity contribution in [1.82, 2.24) is 23.9 Å². The van der Waals surface area contributed by atoms with Gasteiger partial charge >= 0.3 is 0 Å². The predicted molar refractivity (Wildman–Crippen MR) is 146 cm³/mol. The Bertz CT molecular complexity index is 1710. The number of aromatic amines is 1. The fourth-order valence-corrected chi connectivity index (χ4v) is 5.05. The number of fused-ring (bicyclic) bond motifs is 2. The normalized spacial score (nSPS) is 11.7. The van der Waals surface area contributed by atoms with Crippen molar-refractivity contribution < 1.29 is 9.84 Å². The van der Waals surface area contributed by atoms with Crippen LogP contribution in [-0.4, -0.2) is 42.2 Å². The van der Waals surface area contributed by atoms with Crippen LogP contribution in [0.1, 0.15) is 28.3 Å². The lowest BCUT2D eigenvalue weighted by atomic mass is 9.85. The molecule has 0 unspecified atom stereocenters. The van der Waals surface area contributed by atoms with E-state index in [0.717, 1.165) is 22.5 Å². The summed E-state index contributed by atoms with van der Waals surface area (Å²) in [5.74, 6) is 0.533. The highest BCUT2D eigenvalue weighted by Crippen LogP contribution is 2.33. The number of H-pyrrole nitrogens is 1. The third-order valence-corrected chi connectivity index (χ3v) is 6.77. The highest BCUT2D eigenvalue weighted by molar-refractivity contribution is 5.75. The maximum Gasteiger partial charge on any atom is 0.287 e. The molecule has 0 amide bonds. The number of aliphatic hydroxyl groups excluding tert-OH is 1. The molecule has 8 nitrogen and oxygen atoms in total. The van der Waals surface area contributed by atoms with E-state index in [1.807, 2.05) is 19.1 Å². The number of nitrogens with one attached hydrogen (secondary N) is 1. The molecule has 8 heteroatoms. The number of benzene rings is 3. The number of nitrogens with zero attached hydrogens (tertiary/aromatic N) is 4. The van der Waals surface area contributed by atoms with E-state index in [1.165, 1.54) is 17.5 Å². The summed E-state index contributed by atoms with van der Waals surface area (Å²) >= 11 is 0. The molecule has 6 rings (SSSR count). The fraction of sp³-hybridized carbons (Fsp3) is 0.167. The minimum atomic E-state index is -0.249. The molecule has 0 atom stereocenters. The van der Waals surface area contributed by atoms with Crippen LogP contribution in [0.25, 0.3) is 28.2 Å². The van der Waals surface area contributed by atoms with E-state index in [2.05, 4.69) is 87.7 Å². The van der Waals surface area contributed by atoms with Gasteiger partial charge < -0.3 is 14.8 Å². The van der Waals surface area contributed by atoms with Gasteiger partial charge in [0.1, 0.15) is 6.73 Å². The standard InChI is InChI=1S/C30H27N5O3/c1-20-27(35-29(37)26-28(33-30(35)32-20)34(18-31-26)19-38-17-16-36)24-14-12-23(13-15-24)25(21-8-4-2-5-9-21)22-10-6-3-7-11-22/h2-15,18,25,36H,16-17,19H2,1H3,(H,32,33). The van der Waals surface area contributed by atoms with Crippen molar-refractivity contribution in [2.45, 2.75) is 19.6 Å². The van der Waals surface area contributed by atoms with Gasteiger partial charge in [-0.1, -0.05) is 84.9 Å². The van der Waals surface area contributed by atoms with Crippen LogP contribution in [0.5, 0.6) is 0 Å². The first-order valence-electron chi connectivity index (χ1n) is 12.5. The van der Waals surface area contributed by atoms with Crippen molar-refractivity contribution in [1.29, 1.82) is 0 Å². The van der Waals surface area contributed by atoms with Gasteiger partial charge in [-0.2, -0.15) is 4.98 Å². The molecule has 0 aliphatic heterocycles. The van der Waals surface area contributed by atoms with Gasteiger partial charge in [-0.3, -0.25) is 9.36 Å². The minimum Gasteiger partial charge on any atom is -0.394 e. The quantitative estimate of drug-likeness (QED) is 0.235. The summed E-state index contributed by atoms with van der Waals surface area (Å²) in [5.41, 5.74) is 6.55. The second-order valence-corrected chi connectivity index (χ2v) is 9.20. The van der Waals surface area contributed by atoms with Gasteiger partial charge in [0.2, 0.25) is 5.78 Å². The van der Waals surface area contributed by atoms with Crippen molar-refractivity contribution in [2.75, 3.05) is 13.2 Å². The van der Waals surface area contributed by atoms with E-state index in [1.54, 1.807) is 8.97 Å². The average molecular weight is 506 g/mol. The number of ether oxygens (including phenoxy) is 1. The van der Waals surface area contributed by atoms with E-state index in [0.29, 0.717) is 11.4 Å². The van der Waals surface area contributed by atoms with Crippen LogP contribution in [0.2, 0.25) is 0 Å². The summed E-state index contributed by atoms with van der Waals surface area (Å²) in [6.45, 7) is 2.20. The Labute approximate surface area is 218 Å². The maximum absolute atomic E-state index is 13.5. The van der Waals surface area contributed by atoms with Crippen LogP contribution in [0.15, 0.2) is 96.1 Å². The topological polar surface area (TPSA) is 97.4 Å². The number of hydrogen-bond donors (Lipinski definition) is 2. The van der Waals surface area contributed by atoms with Crippen LogP contribution in [0, 0.1) is 6.92 Å². The molecule has 2 N–H and O–H groups in total. The number of aromatic nitrogens is 5. The molecule has 0 aliphatic carbocycles. The Balaban J connectivity index is 1.42. The lowest BCUT2D eigenvalue weighted by Crippen LogP contribution is -2.16. The first-order chi connectivity index (χ1) is 18.7. The number of imidazole rings is 2. The van der Waals surface area contributed by atoms with Crippen molar-refractivity contribution >= 4 is 16.9 Å². The van der Waals surface area contributed by atoms with E-state index in [-0.39, 0.29) is 36.9 Å². The summed E-state index contributed by atoms with van der Waals surface area (Å²) in [5, 5.41) is 8.97. The lowest BCUT2D eigenvalue weighted by Gasteiger charge is -2.19. The second-order valence-electron chi connectivity index (χ2n) is 9.20. The number of hydrogen-bond acceptors (Lipinski definition) is 5. The third kappa shape index (κ3) is 4.19. The van der Waals surface area contributed by atoms with Crippen molar-refractivity contribution in [3.8, 4) is 11.3 Å². The molecular formula is C30H27N5O3. The molecule has 0 radical (unpaired) electrons. The molecule has 0 saturated heterocycles. The molecule has 3 heterocycles. The van der Waals surface area contributed by atoms with Crippen LogP contribution in [-0.2, 0) is 11.5 Å². The largest absolute Gasteiger partial charge is 0.394 e. The third-order valence-electron chi connectivity index (χ3n) is 6.77. The molecule has 0 saturated carbocycles. The Morgan fingerprint density at radius 2 is 1.55 bits per heavy atom.